The summed E-state index contributed by atoms with van der Waals surface area (Å²) >= 11 is 0. The minimum absolute atomic E-state index is 0.611. The van der Waals surface area contributed by atoms with Crippen LogP contribution in [0.4, 0.5) is 0 Å². The van der Waals surface area contributed by atoms with Crippen molar-refractivity contribution in [3.63, 3.8) is 0 Å². The van der Waals surface area contributed by atoms with Gasteiger partial charge in [0.15, 0.2) is 0 Å². The fraction of sp³-hybridized carbons (Fsp3) is 0.153. The molecule has 2 aliphatic carbocycles. The Morgan fingerprint density at radius 3 is 2.07 bits per heavy atom. The van der Waals surface area contributed by atoms with E-state index in [0.29, 0.717) is 5.92 Å². The van der Waals surface area contributed by atoms with Gasteiger partial charge in [-0.05, 0) is 159 Å². The predicted molar refractivity (Wildman–Crippen MR) is 263 cm³/mol. The average Bonchev–Trinajstić information content (AvgIpc) is 3.60. The van der Waals surface area contributed by atoms with Crippen LogP contribution in [0.25, 0.3) is 83.3 Å². The molecule has 0 nitrogen and oxygen atoms in total. The maximum absolute atomic E-state index is 4.15. The van der Waals surface area contributed by atoms with Gasteiger partial charge in [0.1, 0.15) is 0 Å². The van der Waals surface area contributed by atoms with Gasteiger partial charge in [-0.3, -0.25) is 0 Å². The van der Waals surface area contributed by atoms with Crippen LogP contribution >= 0.6 is 0 Å². The lowest BCUT2D eigenvalue weighted by molar-refractivity contribution is 0.858. The zero-order chi connectivity index (χ0) is 41.5. The van der Waals surface area contributed by atoms with E-state index in [-0.39, 0.29) is 0 Å². The van der Waals surface area contributed by atoms with Crippen molar-refractivity contribution in [2.24, 2.45) is 5.92 Å². The van der Waals surface area contributed by atoms with Crippen molar-refractivity contribution in [1.82, 2.24) is 0 Å². The molecule has 0 heteroatoms. The molecule has 0 amide bonds. The third-order valence-electron chi connectivity index (χ3n) is 11.9. The molecule has 0 aromatic heterocycles. The normalized spacial score (nSPS) is 14.2. The van der Waals surface area contributed by atoms with Crippen molar-refractivity contribution in [2.45, 2.75) is 54.4 Å². The number of hydrogen-bond donors (Lipinski definition) is 0. The summed E-state index contributed by atoms with van der Waals surface area (Å²) in [6.45, 7) is 20.8. The summed E-state index contributed by atoms with van der Waals surface area (Å²) in [6.07, 6.45) is 30.0. The molecule has 59 heavy (non-hydrogen) atoms. The van der Waals surface area contributed by atoms with Crippen LogP contribution in [0.1, 0.15) is 70.2 Å². The first-order chi connectivity index (χ1) is 28.9. The van der Waals surface area contributed by atoms with Gasteiger partial charge >= 0.3 is 0 Å². The Kier molecular flexibility index (Phi) is 12.7. The van der Waals surface area contributed by atoms with Gasteiger partial charge in [0.05, 0.1) is 0 Å². The minimum atomic E-state index is 0.611. The SMILES string of the molecule is C/C=C\C(C)/C(C)=C/C.C=C/C=C(\C=C/C)c1c2c(c(-c3ccccc3)c3cc(-c4cccc5c4C=CCC5)ccc13)-c1cccc3c(C(/C=C\C)=C/C=C)ccc-2c13. The van der Waals surface area contributed by atoms with Gasteiger partial charge in [-0.2, -0.15) is 0 Å². The van der Waals surface area contributed by atoms with Crippen molar-refractivity contribution in [2.75, 3.05) is 0 Å². The van der Waals surface area contributed by atoms with E-state index in [9.17, 15) is 0 Å². The van der Waals surface area contributed by atoms with E-state index in [1.807, 2.05) is 12.2 Å². The Bertz CT molecular complexity index is 2780. The van der Waals surface area contributed by atoms with E-state index < -0.39 is 0 Å². The quantitative estimate of drug-likeness (QED) is 0.0961. The summed E-state index contributed by atoms with van der Waals surface area (Å²) in [5, 5.41) is 5.05. The molecule has 0 saturated carbocycles. The molecule has 0 heterocycles. The monoisotopic (exact) mass is 764 g/mol. The van der Waals surface area contributed by atoms with E-state index in [1.165, 1.54) is 93.9 Å². The highest BCUT2D eigenvalue weighted by molar-refractivity contribution is 6.27. The average molecular weight is 765 g/mol. The number of rotatable bonds is 10. The van der Waals surface area contributed by atoms with E-state index in [1.54, 1.807) is 0 Å². The first-order valence-corrected chi connectivity index (χ1v) is 21.1. The topological polar surface area (TPSA) is 0 Å². The molecule has 6 aromatic carbocycles. The summed E-state index contributed by atoms with van der Waals surface area (Å²) < 4.78 is 0. The van der Waals surface area contributed by atoms with Crippen molar-refractivity contribution in [1.29, 1.82) is 0 Å². The molecule has 1 unspecified atom stereocenters. The molecule has 1 atom stereocenters. The second-order valence-corrected chi connectivity index (χ2v) is 15.4. The highest BCUT2D eigenvalue weighted by Gasteiger charge is 2.31. The van der Waals surface area contributed by atoms with Crippen LogP contribution < -0.4 is 0 Å². The molecule has 0 aliphatic heterocycles. The standard InChI is InChI=1S/C50H40.C9H16/c1-5-16-33(17-6-2)40-30-31-44-48-41(40)26-15-27-43(48)49-47(36-21-10-9-11-22-36)45-32-37(39-25-14-23-34-20-12-13-24-38(34)39)28-29-42(45)46(50(44)49)35(18-7-3)19-8-4;1-5-7-9(4)8(3)6-2/h5-11,13-19,21-32H,1,3,12,20H2,2,4H3;5-7,9H,1-4H3/b17-6-,19-8-,33-16+,35-18+;7-5-,8-6+. The number of hydrogen-bond acceptors (Lipinski definition) is 0. The minimum Gasteiger partial charge on any atom is -0.0990 e. The number of allylic oxidation sites excluding steroid dienone is 15. The Morgan fingerprint density at radius 1 is 0.627 bits per heavy atom. The molecule has 2 aliphatic rings. The lowest BCUT2D eigenvalue weighted by Crippen LogP contribution is -1.98. The van der Waals surface area contributed by atoms with Gasteiger partial charge in [-0.25, -0.2) is 0 Å². The van der Waals surface area contributed by atoms with Gasteiger partial charge in [-0.15, -0.1) is 0 Å². The molecule has 0 spiro atoms. The summed E-state index contributed by atoms with van der Waals surface area (Å²) in [4.78, 5) is 0. The van der Waals surface area contributed by atoms with Gasteiger partial charge in [0.2, 0.25) is 0 Å². The van der Waals surface area contributed by atoms with Crippen LogP contribution in [0, 0.1) is 5.92 Å². The molecule has 8 rings (SSSR count). The molecule has 0 bridgehead atoms. The maximum Gasteiger partial charge on any atom is -0.000741 e. The van der Waals surface area contributed by atoms with Crippen LogP contribution in [0.2, 0.25) is 0 Å². The molecule has 0 N–H and O–H groups in total. The predicted octanol–water partition coefficient (Wildman–Crippen LogP) is 17.4. The van der Waals surface area contributed by atoms with Crippen molar-refractivity contribution in [3.8, 4) is 44.5 Å². The first kappa shape index (κ1) is 40.7. The Morgan fingerprint density at radius 2 is 1.34 bits per heavy atom. The Balaban J connectivity index is 0.000000528. The zero-order valence-electron chi connectivity index (χ0n) is 35.6. The molecule has 292 valence electrons. The van der Waals surface area contributed by atoms with Crippen molar-refractivity contribution < 1.29 is 0 Å². The Labute approximate surface area is 353 Å². The van der Waals surface area contributed by atoms with Gasteiger partial charge < -0.3 is 0 Å². The van der Waals surface area contributed by atoms with Crippen LogP contribution in [0.15, 0.2) is 189 Å². The highest BCUT2D eigenvalue weighted by Crippen LogP contribution is 2.57. The third kappa shape index (κ3) is 7.76. The molecule has 6 aromatic rings. The highest BCUT2D eigenvalue weighted by atomic mass is 14.3. The number of fused-ring (bicyclic) bond motifs is 5. The van der Waals surface area contributed by atoms with Gasteiger partial charge in [-0.1, -0.05) is 196 Å². The third-order valence-corrected chi connectivity index (χ3v) is 11.9. The molecular formula is C59H56. The second kappa shape index (κ2) is 18.4. The first-order valence-electron chi connectivity index (χ1n) is 21.1. The molecular weight excluding hydrogens is 709 g/mol. The van der Waals surface area contributed by atoms with Crippen molar-refractivity contribution >= 4 is 38.8 Å². The molecule has 0 saturated heterocycles. The lowest BCUT2D eigenvalue weighted by atomic mass is 9.81. The second-order valence-electron chi connectivity index (χ2n) is 15.4. The number of aryl methyl sites for hydroxylation is 1. The zero-order valence-corrected chi connectivity index (χ0v) is 35.6. The lowest BCUT2D eigenvalue weighted by Gasteiger charge is -2.22. The van der Waals surface area contributed by atoms with Gasteiger partial charge in [0, 0.05) is 0 Å². The van der Waals surface area contributed by atoms with Crippen molar-refractivity contribution in [3.05, 3.63) is 211 Å². The van der Waals surface area contributed by atoms with E-state index >= 15 is 0 Å². The molecule has 0 fully saturated rings. The fourth-order valence-corrected chi connectivity index (χ4v) is 8.97. The molecule has 0 radical (unpaired) electrons. The Hall–Kier alpha value is -6.50. The van der Waals surface area contributed by atoms with Crippen LogP contribution in [-0.4, -0.2) is 0 Å². The van der Waals surface area contributed by atoms with Crippen LogP contribution in [-0.2, 0) is 6.42 Å². The van der Waals surface area contributed by atoms with Gasteiger partial charge in [0.25, 0.3) is 0 Å². The summed E-state index contributed by atoms with van der Waals surface area (Å²) in [5.74, 6) is 0.611. The maximum atomic E-state index is 4.15. The summed E-state index contributed by atoms with van der Waals surface area (Å²) in [7, 11) is 0. The van der Waals surface area contributed by atoms with E-state index in [2.05, 4.69) is 219 Å². The van der Waals surface area contributed by atoms with E-state index in [4.69, 9.17) is 0 Å². The largest absolute Gasteiger partial charge is 0.0990 e. The summed E-state index contributed by atoms with van der Waals surface area (Å²) in [6, 6.07) is 36.4. The number of benzene rings is 6. The fourth-order valence-electron chi connectivity index (χ4n) is 8.97. The summed E-state index contributed by atoms with van der Waals surface area (Å²) in [5.41, 5.74) is 19.1. The van der Waals surface area contributed by atoms with E-state index in [0.717, 1.165) is 24.0 Å². The van der Waals surface area contributed by atoms with Crippen LogP contribution in [0.5, 0.6) is 0 Å². The van der Waals surface area contributed by atoms with Crippen LogP contribution in [0.3, 0.4) is 0 Å². The smallest absolute Gasteiger partial charge is 0.000741 e.